The number of benzene rings is 1. The maximum Gasteiger partial charge on any atom is 0.00989 e. The second-order valence-electron chi connectivity index (χ2n) is 5.69. The fourth-order valence-corrected chi connectivity index (χ4v) is 2.82. The van der Waals surface area contributed by atoms with Gasteiger partial charge in [0.25, 0.3) is 0 Å². The van der Waals surface area contributed by atoms with Gasteiger partial charge in [-0.25, -0.2) is 0 Å². The Morgan fingerprint density at radius 3 is 1.68 bits per heavy atom. The molecule has 0 bridgehead atoms. The highest BCUT2D eigenvalue weighted by molar-refractivity contribution is 5.49. The molecule has 0 saturated heterocycles. The third kappa shape index (κ3) is 3.87. The van der Waals surface area contributed by atoms with Crippen molar-refractivity contribution in [2.75, 3.05) is 0 Å². The number of rotatable bonds is 6. The number of hydrogen-bond donors (Lipinski definition) is 0. The average molecular weight is 255 g/mol. The molecule has 0 atom stereocenters. The zero-order chi connectivity index (χ0) is 14.4. The molecule has 0 aliphatic rings. The van der Waals surface area contributed by atoms with Crippen LogP contribution in [0.25, 0.3) is 0 Å². The number of hydrogen-bond acceptors (Lipinski definition) is 0. The standard InChI is InChI=1S/C19H27/c1-7-8-9-10-11-12-13-19-17(5)15(3)14(2)16(4)18(19)6/h8-13H2,2-6H3. The number of unbranched alkanes of at least 4 members (excludes halogenated alkanes) is 4. The molecule has 0 nitrogen and oxygen atoms in total. The summed E-state index contributed by atoms with van der Waals surface area (Å²) in [6.07, 6.45) is 13.8. The van der Waals surface area contributed by atoms with Gasteiger partial charge in [-0.05, 0) is 93.7 Å². The molecule has 1 aromatic carbocycles. The molecule has 0 unspecified atom stereocenters. The van der Waals surface area contributed by atoms with Gasteiger partial charge in [-0.1, -0.05) is 18.8 Å². The highest BCUT2D eigenvalue weighted by Crippen LogP contribution is 2.27. The SMILES string of the molecule is [C]#CCCCCCCc1c(C)c(C)c(C)c(C)c1C. The topological polar surface area (TPSA) is 0 Å². The Balaban J connectivity index is 2.67. The molecule has 0 aliphatic heterocycles. The van der Waals surface area contributed by atoms with Crippen LogP contribution in [-0.4, -0.2) is 0 Å². The van der Waals surface area contributed by atoms with Crippen LogP contribution in [0.4, 0.5) is 0 Å². The lowest BCUT2D eigenvalue weighted by atomic mass is 9.87. The highest BCUT2D eigenvalue weighted by Gasteiger charge is 2.11. The summed E-state index contributed by atoms with van der Waals surface area (Å²) < 4.78 is 0. The molecular weight excluding hydrogens is 228 g/mol. The van der Waals surface area contributed by atoms with Crippen LogP contribution >= 0.6 is 0 Å². The Morgan fingerprint density at radius 2 is 1.16 bits per heavy atom. The molecule has 1 aromatic rings. The minimum atomic E-state index is 0.820. The van der Waals surface area contributed by atoms with Crippen molar-refractivity contribution in [3.05, 3.63) is 39.8 Å². The van der Waals surface area contributed by atoms with Crippen molar-refractivity contribution in [1.82, 2.24) is 0 Å². The van der Waals surface area contributed by atoms with E-state index in [1.807, 2.05) is 0 Å². The first-order valence-electron chi connectivity index (χ1n) is 7.46. The van der Waals surface area contributed by atoms with Gasteiger partial charge in [0.1, 0.15) is 0 Å². The summed E-state index contributed by atoms with van der Waals surface area (Å²) in [6.45, 7) is 11.3. The second kappa shape index (κ2) is 7.39. The van der Waals surface area contributed by atoms with Gasteiger partial charge in [0, 0.05) is 6.42 Å². The Labute approximate surface area is 119 Å². The molecule has 0 spiro atoms. The van der Waals surface area contributed by atoms with Crippen molar-refractivity contribution in [2.24, 2.45) is 0 Å². The van der Waals surface area contributed by atoms with Gasteiger partial charge in [-0.2, -0.15) is 0 Å². The van der Waals surface area contributed by atoms with Crippen molar-refractivity contribution >= 4 is 0 Å². The predicted molar refractivity (Wildman–Crippen MR) is 84.0 cm³/mol. The van der Waals surface area contributed by atoms with Gasteiger partial charge in [-0.3, -0.25) is 0 Å². The van der Waals surface area contributed by atoms with Gasteiger partial charge < -0.3 is 0 Å². The summed E-state index contributed by atoms with van der Waals surface area (Å²) in [5, 5.41) is 0. The first kappa shape index (κ1) is 15.8. The van der Waals surface area contributed by atoms with E-state index in [2.05, 4.69) is 40.5 Å². The smallest absolute Gasteiger partial charge is 0.00989 e. The molecule has 0 heteroatoms. The highest BCUT2D eigenvalue weighted by atomic mass is 14.2. The third-order valence-corrected chi connectivity index (χ3v) is 4.63. The van der Waals surface area contributed by atoms with E-state index in [-0.39, 0.29) is 0 Å². The van der Waals surface area contributed by atoms with E-state index in [4.69, 9.17) is 6.42 Å². The lowest BCUT2D eigenvalue weighted by molar-refractivity contribution is 0.647. The Hall–Kier alpha value is -1.22. The van der Waals surface area contributed by atoms with Gasteiger partial charge >= 0.3 is 0 Å². The van der Waals surface area contributed by atoms with Crippen LogP contribution < -0.4 is 0 Å². The fourth-order valence-electron chi connectivity index (χ4n) is 2.82. The quantitative estimate of drug-likeness (QED) is 0.477. The van der Waals surface area contributed by atoms with Gasteiger partial charge in [0.2, 0.25) is 0 Å². The maximum absolute atomic E-state index is 6.89. The van der Waals surface area contributed by atoms with E-state index in [0.717, 1.165) is 12.8 Å². The van der Waals surface area contributed by atoms with Gasteiger partial charge in [0.05, 0.1) is 0 Å². The monoisotopic (exact) mass is 255 g/mol. The van der Waals surface area contributed by atoms with Crippen LogP contribution in [-0.2, 0) is 6.42 Å². The van der Waals surface area contributed by atoms with Crippen molar-refractivity contribution in [1.29, 1.82) is 0 Å². The van der Waals surface area contributed by atoms with Crippen molar-refractivity contribution in [3.8, 4) is 5.92 Å². The van der Waals surface area contributed by atoms with Crippen LogP contribution in [0.2, 0.25) is 0 Å². The minimum Gasteiger partial charge on any atom is -0.0891 e. The third-order valence-electron chi connectivity index (χ3n) is 4.63. The predicted octanol–water partition coefficient (Wildman–Crippen LogP) is 5.31. The molecule has 0 amide bonds. The Kier molecular flexibility index (Phi) is 6.16. The summed E-state index contributed by atoms with van der Waals surface area (Å²) in [7, 11) is 0. The van der Waals surface area contributed by atoms with E-state index >= 15 is 0 Å². The van der Waals surface area contributed by atoms with Crippen LogP contribution in [0, 0.1) is 47.0 Å². The lowest BCUT2D eigenvalue weighted by Gasteiger charge is -2.18. The van der Waals surface area contributed by atoms with Crippen LogP contribution in [0.3, 0.4) is 0 Å². The van der Waals surface area contributed by atoms with Crippen LogP contribution in [0.1, 0.15) is 65.5 Å². The molecule has 1 radical (unpaired) electrons. The van der Waals surface area contributed by atoms with Gasteiger partial charge in [-0.15, -0.1) is 0 Å². The molecule has 0 aromatic heterocycles. The molecule has 1 rings (SSSR count). The van der Waals surface area contributed by atoms with E-state index in [9.17, 15) is 0 Å². The van der Waals surface area contributed by atoms with E-state index < -0.39 is 0 Å². The zero-order valence-corrected chi connectivity index (χ0v) is 13.2. The summed E-state index contributed by atoms with van der Waals surface area (Å²) in [5.74, 6) is 2.47. The van der Waals surface area contributed by atoms with Gasteiger partial charge in [0.15, 0.2) is 0 Å². The minimum absolute atomic E-state index is 0.820. The zero-order valence-electron chi connectivity index (χ0n) is 13.2. The summed E-state index contributed by atoms with van der Waals surface area (Å²) >= 11 is 0. The molecule has 0 fully saturated rings. The summed E-state index contributed by atoms with van der Waals surface area (Å²) in [5.41, 5.74) is 8.95. The second-order valence-corrected chi connectivity index (χ2v) is 5.69. The molecule has 19 heavy (non-hydrogen) atoms. The van der Waals surface area contributed by atoms with Crippen molar-refractivity contribution < 1.29 is 0 Å². The van der Waals surface area contributed by atoms with Crippen LogP contribution in [0.5, 0.6) is 0 Å². The fraction of sp³-hybridized carbons (Fsp3) is 0.579. The molecule has 0 aliphatic carbocycles. The first-order chi connectivity index (χ1) is 9.00. The molecule has 103 valence electrons. The average Bonchev–Trinajstić information content (AvgIpc) is 2.41. The molecule has 0 heterocycles. The van der Waals surface area contributed by atoms with Crippen molar-refractivity contribution in [2.45, 2.75) is 73.1 Å². The molecule has 0 N–H and O–H groups in total. The molecule has 0 saturated carbocycles. The normalized spacial score (nSPS) is 10.5. The van der Waals surface area contributed by atoms with E-state index in [1.54, 1.807) is 5.56 Å². The van der Waals surface area contributed by atoms with Crippen LogP contribution in [0.15, 0.2) is 0 Å². The Bertz CT molecular complexity index is 443. The summed E-state index contributed by atoms with van der Waals surface area (Å²) in [6, 6.07) is 0. The first-order valence-corrected chi connectivity index (χ1v) is 7.46. The largest absolute Gasteiger partial charge is 0.0891 e. The Morgan fingerprint density at radius 1 is 0.684 bits per heavy atom. The summed E-state index contributed by atoms with van der Waals surface area (Å²) in [4.78, 5) is 0. The van der Waals surface area contributed by atoms with Crippen molar-refractivity contribution in [3.63, 3.8) is 0 Å². The van der Waals surface area contributed by atoms with E-state index in [0.29, 0.717) is 0 Å². The maximum atomic E-state index is 6.89. The lowest BCUT2D eigenvalue weighted by Crippen LogP contribution is -2.03. The van der Waals surface area contributed by atoms with E-state index in [1.165, 1.54) is 53.5 Å². The molecular formula is C19H27.